The summed E-state index contributed by atoms with van der Waals surface area (Å²) in [6.07, 6.45) is 22.3. The Kier molecular flexibility index (Phi) is 8.80. The van der Waals surface area contributed by atoms with Gasteiger partial charge in [-0.05, 0) is 82.1 Å². The van der Waals surface area contributed by atoms with Gasteiger partial charge in [-0.1, -0.05) is 41.9 Å². The first-order valence-corrected chi connectivity index (χ1v) is 12.8. The molecule has 3 unspecified atom stereocenters. The maximum Gasteiger partial charge on any atom is 0.132 e. The Morgan fingerprint density at radius 1 is 1.12 bits per heavy atom. The highest BCUT2D eigenvalue weighted by Crippen LogP contribution is 2.36. The van der Waals surface area contributed by atoms with Crippen LogP contribution in [0.4, 0.5) is 4.39 Å². The molecular formula is C29H40FNO2. The van der Waals surface area contributed by atoms with Crippen LogP contribution in [-0.4, -0.2) is 31.9 Å². The quantitative estimate of drug-likeness (QED) is 0.401. The molecule has 180 valence electrons. The predicted octanol–water partition coefficient (Wildman–Crippen LogP) is 7.01. The lowest BCUT2D eigenvalue weighted by Crippen LogP contribution is -2.35. The standard InChI is InChI=1S/C29H40FNO2/c1-21-17-28(33-20-24-11-7-4-8-12-24)29(30)22(2)27(21)18-25-13-14-26(19-31-25)32-16-15-23-9-5-3-6-10-23/h4,7-8,11,14-15,24-25,28,31H,3,5-6,9-10,12-13,16-20H2,1-2H3. The van der Waals surface area contributed by atoms with Crippen LogP contribution in [0.25, 0.3) is 0 Å². The zero-order valence-electron chi connectivity index (χ0n) is 20.4. The number of hydrogen-bond donors (Lipinski definition) is 1. The van der Waals surface area contributed by atoms with E-state index in [2.05, 4.69) is 48.7 Å². The molecule has 0 amide bonds. The van der Waals surface area contributed by atoms with E-state index in [1.165, 1.54) is 37.7 Å². The molecule has 0 radical (unpaired) electrons. The monoisotopic (exact) mass is 453 g/mol. The molecule has 4 heteroatoms. The average molecular weight is 454 g/mol. The van der Waals surface area contributed by atoms with E-state index in [9.17, 15) is 0 Å². The largest absolute Gasteiger partial charge is 0.493 e. The molecule has 3 nitrogen and oxygen atoms in total. The van der Waals surface area contributed by atoms with Crippen LogP contribution in [0.3, 0.4) is 0 Å². The van der Waals surface area contributed by atoms with Crippen molar-refractivity contribution in [1.29, 1.82) is 0 Å². The Bertz CT molecular complexity index is 868. The zero-order chi connectivity index (χ0) is 23.0. The van der Waals surface area contributed by atoms with Gasteiger partial charge in [0.15, 0.2) is 0 Å². The molecule has 0 aromatic rings. The molecule has 1 fully saturated rings. The average Bonchev–Trinajstić information content (AvgIpc) is 2.85. The molecular weight excluding hydrogens is 413 g/mol. The molecule has 33 heavy (non-hydrogen) atoms. The molecule has 3 atom stereocenters. The molecule has 1 N–H and O–H groups in total. The molecule has 0 saturated heterocycles. The van der Waals surface area contributed by atoms with E-state index < -0.39 is 6.10 Å². The molecule has 3 aliphatic carbocycles. The molecule has 0 aromatic heterocycles. The fourth-order valence-electron chi connectivity index (χ4n) is 5.31. The molecule has 1 heterocycles. The second-order valence-electron chi connectivity index (χ2n) is 9.99. The van der Waals surface area contributed by atoms with Crippen LogP contribution in [0.1, 0.15) is 71.6 Å². The number of allylic oxidation sites excluding steroid dienone is 5. The maximum atomic E-state index is 15.2. The summed E-state index contributed by atoms with van der Waals surface area (Å²) in [6, 6.07) is 0.318. The van der Waals surface area contributed by atoms with Gasteiger partial charge in [0, 0.05) is 18.4 Å². The van der Waals surface area contributed by atoms with Gasteiger partial charge in [0.1, 0.15) is 24.3 Å². The smallest absolute Gasteiger partial charge is 0.132 e. The summed E-state index contributed by atoms with van der Waals surface area (Å²) >= 11 is 0. The van der Waals surface area contributed by atoms with E-state index >= 15 is 4.39 Å². The van der Waals surface area contributed by atoms with Crippen molar-refractivity contribution in [3.05, 3.63) is 70.3 Å². The number of ether oxygens (including phenoxy) is 2. The number of hydrogen-bond acceptors (Lipinski definition) is 3. The fourth-order valence-corrected chi connectivity index (χ4v) is 5.31. The second kappa shape index (κ2) is 12.0. The van der Waals surface area contributed by atoms with Crippen LogP contribution >= 0.6 is 0 Å². The van der Waals surface area contributed by atoms with Crippen molar-refractivity contribution in [3.63, 3.8) is 0 Å². The summed E-state index contributed by atoms with van der Waals surface area (Å²) < 4.78 is 27.2. The van der Waals surface area contributed by atoms with Gasteiger partial charge in [-0.2, -0.15) is 0 Å². The van der Waals surface area contributed by atoms with E-state index in [0.717, 1.165) is 42.7 Å². The lowest BCUT2D eigenvalue weighted by molar-refractivity contribution is 0.0450. The molecule has 4 rings (SSSR count). The molecule has 1 saturated carbocycles. The van der Waals surface area contributed by atoms with Crippen LogP contribution in [0, 0.1) is 5.92 Å². The minimum Gasteiger partial charge on any atom is -0.493 e. The highest BCUT2D eigenvalue weighted by Gasteiger charge is 2.29. The summed E-state index contributed by atoms with van der Waals surface area (Å²) in [6.45, 7) is 6.05. The van der Waals surface area contributed by atoms with Crippen LogP contribution < -0.4 is 5.32 Å². The van der Waals surface area contributed by atoms with Crippen molar-refractivity contribution in [2.75, 3.05) is 19.8 Å². The van der Waals surface area contributed by atoms with Crippen LogP contribution in [0.15, 0.2) is 70.3 Å². The molecule has 0 bridgehead atoms. The second-order valence-corrected chi connectivity index (χ2v) is 9.99. The van der Waals surface area contributed by atoms with Crippen molar-refractivity contribution < 1.29 is 13.9 Å². The Morgan fingerprint density at radius 3 is 2.70 bits per heavy atom. The summed E-state index contributed by atoms with van der Waals surface area (Å²) in [5, 5.41) is 3.60. The topological polar surface area (TPSA) is 30.5 Å². The number of nitrogens with one attached hydrogen (secondary N) is 1. The van der Waals surface area contributed by atoms with Crippen molar-refractivity contribution in [2.45, 2.75) is 83.8 Å². The first-order valence-electron chi connectivity index (χ1n) is 12.8. The maximum absolute atomic E-state index is 15.2. The van der Waals surface area contributed by atoms with Crippen LogP contribution in [0.2, 0.25) is 0 Å². The molecule has 1 aliphatic heterocycles. The van der Waals surface area contributed by atoms with E-state index in [0.29, 0.717) is 31.6 Å². The van der Waals surface area contributed by atoms with Crippen molar-refractivity contribution in [1.82, 2.24) is 5.32 Å². The van der Waals surface area contributed by atoms with Gasteiger partial charge in [-0.15, -0.1) is 0 Å². The van der Waals surface area contributed by atoms with Gasteiger partial charge < -0.3 is 14.8 Å². The van der Waals surface area contributed by atoms with E-state index in [-0.39, 0.29) is 5.83 Å². The van der Waals surface area contributed by atoms with Gasteiger partial charge in [0.05, 0.1) is 13.2 Å². The van der Waals surface area contributed by atoms with Gasteiger partial charge in [0.2, 0.25) is 0 Å². The van der Waals surface area contributed by atoms with Gasteiger partial charge in [0.25, 0.3) is 0 Å². The Balaban J connectivity index is 1.25. The summed E-state index contributed by atoms with van der Waals surface area (Å²) in [5.74, 6) is 1.30. The minimum atomic E-state index is -0.439. The lowest BCUT2D eigenvalue weighted by atomic mass is 9.85. The van der Waals surface area contributed by atoms with Crippen LogP contribution in [0.5, 0.6) is 0 Å². The minimum absolute atomic E-state index is 0.0861. The first kappa shape index (κ1) is 24.2. The van der Waals surface area contributed by atoms with Gasteiger partial charge in [-0.3, -0.25) is 0 Å². The summed E-state index contributed by atoms with van der Waals surface area (Å²) in [7, 11) is 0. The fraction of sp³-hybridized carbons (Fsp3) is 0.586. The van der Waals surface area contributed by atoms with E-state index in [1.807, 2.05) is 6.92 Å². The Hall–Kier alpha value is -1.91. The normalized spacial score (nSPS) is 28.3. The highest BCUT2D eigenvalue weighted by molar-refractivity contribution is 5.41. The van der Waals surface area contributed by atoms with Crippen LogP contribution in [-0.2, 0) is 9.47 Å². The predicted molar refractivity (Wildman–Crippen MR) is 133 cm³/mol. The lowest BCUT2D eigenvalue weighted by Gasteiger charge is -2.30. The molecule has 0 spiro atoms. The number of rotatable bonds is 8. The van der Waals surface area contributed by atoms with E-state index in [1.54, 1.807) is 5.57 Å². The molecule has 0 aromatic carbocycles. The Morgan fingerprint density at radius 2 is 1.97 bits per heavy atom. The summed E-state index contributed by atoms with van der Waals surface area (Å²) in [4.78, 5) is 0. The zero-order valence-corrected chi connectivity index (χ0v) is 20.4. The third-order valence-corrected chi connectivity index (χ3v) is 7.46. The van der Waals surface area contributed by atoms with Crippen molar-refractivity contribution >= 4 is 0 Å². The third-order valence-electron chi connectivity index (χ3n) is 7.46. The Labute approximate surface area is 199 Å². The first-order chi connectivity index (χ1) is 16.1. The van der Waals surface area contributed by atoms with Gasteiger partial charge in [-0.25, -0.2) is 4.39 Å². The summed E-state index contributed by atoms with van der Waals surface area (Å²) in [5.41, 5.74) is 4.74. The highest BCUT2D eigenvalue weighted by atomic mass is 19.1. The van der Waals surface area contributed by atoms with Gasteiger partial charge >= 0.3 is 0 Å². The molecule has 4 aliphatic rings. The van der Waals surface area contributed by atoms with Crippen molar-refractivity contribution in [2.24, 2.45) is 5.92 Å². The van der Waals surface area contributed by atoms with Crippen molar-refractivity contribution in [3.8, 4) is 0 Å². The van der Waals surface area contributed by atoms with E-state index in [4.69, 9.17) is 9.47 Å². The third kappa shape index (κ3) is 6.80. The number of halogens is 1. The SMILES string of the molecule is CC1=C(CC2CC=C(OCC=C3CCCCC3)CN2)C(C)=C(F)C(OCC2C=CC=CC2)C1.